The number of halogens is 1. The van der Waals surface area contributed by atoms with Crippen LogP contribution in [0.3, 0.4) is 0 Å². The molecule has 0 spiro atoms. The van der Waals surface area contributed by atoms with E-state index in [1.807, 2.05) is 18.7 Å². The fourth-order valence-electron chi connectivity index (χ4n) is 4.21. The second kappa shape index (κ2) is 10.2. The maximum atomic E-state index is 13.0. The van der Waals surface area contributed by atoms with Crippen molar-refractivity contribution in [3.05, 3.63) is 29.3 Å². The maximum absolute atomic E-state index is 13.0. The molecule has 0 bridgehead atoms. The van der Waals surface area contributed by atoms with Crippen LogP contribution in [0.4, 0.5) is 4.79 Å². The number of urea groups is 1. The Morgan fingerprint density at radius 2 is 1.55 bits per heavy atom. The van der Waals surface area contributed by atoms with Crippen molar-refractivity contribution in [3.63, 3.8) is 0 Å². The van der Waals surface area contributed by atoms with Crippen molar-refractivity contribution < 1.29 is 18.0 Å². The molecule has 3 rings (SSSR count). The van der Waals surface area contributed by atoms with Gasteiger partial charge in [0.05, 0.1) is 5.02 Å². The van der Waals surface area contributed by atoms with Crippen LogP contribution in [0.1, 0.15) is 26.7 Å². The lowest BCUT2D eigenvalue weighted by Gasteiger charge is -2.39. The van der Waals surface area contributed by atoms with Gasteiger partial charge in [0.15, 0.2) is 0 Å². The van der Waals surface area contributed by atoms with E-state index >= 15 is 0 Å². The van der Waals surface area contributed by atoms with Gasteiger partial charge >= 0.3 is 6.03 Å². The van der Waals surface area contributed by atoms with E-state index in [0.717, 1.165) is 0 Å². The van der Waals surface area contributed by atoms with E-state index in [1.165, 1.54) is 10.4 Å². The van der Waals surface area contributed by atoms with E-state index < -0.39 is 10.0 Å². The van der Waals surface area contributed by atoms with Crippen LogP contribution in [0, 0.1) is 5.92 Å². The van der Waals surface area contributed by atoms with Crippen molar-refractivity contribution in [1.82, 2.24) is 19.0 Å². The van der Waals surface area contributed by atoms with Gasteiger partial charge in [-0.15, -0.1) is 0 Å². The Balaban J connectivity index is 1.53. The van der Waals surface area contributed by atoms with Crippen LogP contribution in [0.5, 0.6) is 0 Å². The van der Waals surface area contributed by atoms with Gasteiger partial charge < -0.3 is 14.7 Å². The van der Waals surface area contributed by atoms with Crippen molar-refractivity contribution in [3.8, 4) is 0 Å². The second-order valence-electron chi connectivity index (χ2n) is 7.88. The average molecular weight is 471 g/mol. The van der Waals surface area contributed by atoms with Crippen LogP contribution in [-0.2, 0) is 14.8 Å². The van der Waals surface area contributed by atoms with Gasteiger partial charge in [-0.1, -0.05) is 23.7 Å². The molecule has 2 aliphatic rings. The van der Waals surface area contributed by atoms with E-state index in [-0.39, 0.29) is 40.9 Å². The molecule has 0 N–H and O–H groups in total. The standard InChI is InChI=1S/C21H31ClN4O4S/c1-3-23(4-2)21(28)25-11-9-17(10-12-25)20(27)24-13-15-26(16-14-24)31(29,30)19-8-6-5-7-18(19)22/h5-8,17H,3-4,9-16H2,1-2H3. The molecule has 172 valence electrons. The topological polar surface area (TPSA) is 81.2 Å². The molecule has 0 saturated carbocycles. The number of likely N-dealkylation sites (tertiary alicyclic amines) is 1. The summed E-state index contributed by atoms with van der Waals surface area (Å²) in [5.41, 5.74) is 0. The lowest BCUT2D eigenvalue weighted by atomic mass is 9.95. The summed E-state index contributed by atoms with van der Waals surface area (Å²) in [6.07, 6.45) is 1.29. The third-order valence-corrected chi connectivity index (χ3v) is 8.55. The molecule has 1 aromatic carbocycles. The molecule has 2 fully saturated rings. The van der Waals surface area contributed by atoms with Crippen molar-refractivity contribution in [2.45, 2.75) is 31.6 Å². The Morgan fingerprint density at radius 1 is 0.968 bits per heavy atom. The van der Waals surface area contributed by atoms with Gasteiger partial charge in [-0.3, -0.25) is 4.79 Å². The first-order chi connectivity index (χ1) is 14.8. The number of hydrogen-bond acceptors (Lipinski definition) is 4. The SMILES string of the molecule is CCN(CC)C(=O)N1CCC(C(=O)N2CCN(S(=O)(=O)c3ccccc3Cl)CC2)CC1. The highest BCUT2D eigenvalue weighted by Gasteiger charge is 2.35. The average Bonchev–Trinajstić information content (AvgIpc) is 2.79. The van der Waals surface area contributed by atoms with Gasteiger partial charge in [0.25, 0.3) is 0 Å². The molecule has 2 heterocycles. The Bertz CT molecular complexity index is 890. The van der Waals surface area contributed by atoms with Gasteiger partial charge in [-0.2, -0.15) is 4.31 Å². The third-order valence-electron chi connectivity index (χ3n) is 6.15. The molecule has 0 aliphatic carbocycles. The summed E-state index contributed by atoms with van der Waals surface area (Å²) >= 11 is 6.08. The number of amides is 3. The molecule has 0 aromatic heterocycles. The summed E-state index contributed by atoms with van der Waals surface area (Å²) in [5, 5.41) is 0.201. The predicted molar refractivity (Wildman–Crippen MR) is 119 cm³/mol. The monoisotopic (exact) mass is 470 g/mol. The minimum atomic E-state index is -3.68. The van der Waals surface area contributed by atoms with Gasteiger partial charge in [-0.25, -0.2) is 13.2 Å². The van der Waals surface area contributed by atoms with Crippen molar-refractivity contribution >= 4 is 33.6 Å². The number of nitrogens with zero attached hydrogens (tertiary/aromatic N) is 4. The molecule has 8 nitrogen and oxygen atoms in total. The predicted octanol–water partition coefficient (Wildman–Crippen LogP) is 2.35. The smallest absolute Gasteiger partial charge is 0.319 e. The molecular weight excluding hydrogens is 440 g/mol. The number of carbonyl (C=O) groups excluding carboxylic acids is 2. The molecular formula is C21H31ClN4O4S. The normalized spacial score (nSPS) is 18.8. The number of benzene rings is 1. The molecule has 1 aromatic rings. The Labute approximate surface area is 189 Å². The van der Waals surface area contributed by atoms with Crippen LogP contribution >= 0.6 is 11.6 Å². The summed E-state index contributed by atoms with van der Waals surface area (Å²) in [4.78, 5) is 30.9. The summed E-state index contributed by atoms with van der Waals surface area (Å²) in [6.45, 7) is 7.65. The number of carbonyl (C=O) groups is 2. The quantitative estimate of drug-likeness (QED) is 0.661. The van der Waals surface area contributed by atoms with Crippen molar-refractivity contribution in [2.24, 2.45) is 5.92 Å². The highest BCUT2D eigenvalue weighted by Crippen LogP contribution is 2.26. The molecule has 31 heavy (non-hydrogen) atoms. The van der Waals surface area contributed by atoms with Gasteiger partial charge in [0.1, 0.15) is 4.90 Å². The Kier molecular flexibility index (Phi) is 7.82. The maximum Gasteiger partial charge on any atom is 0.319 e. The summed E-state index contributed by atoms with van der Waals surface area (Å²) in [7, 11) is -3.68. The molecule has 2 saturated heterocycles. The molecule has 10 heteroatoms. The third kappa shape index (κ3) is 5.15. The molecule has 0 atom stereocenters. The first-order valence-electron chi connectivity index (χ1n) is 10.9. The summed E-state index contributed by atoms with van der Waals surface area (Å²) in [5.74, 6) is -0.0581. The summed E-state index contributed by atoms with van der Waals surface area (Å²) < 4.78 is 27.2. The largest absolute Gasteiger partial charge is 0.340 e. The molecule has 0 radical (unpaired) electrons. The number of sulfonamides is 1. The van der Waals surface area contributed by atoms with Crippen LogP contribution < -0.4 is 0 Å². The van der Waals surface area contributed by atoms with E-state index in [9.17, 15) is 18.0 Å². The Morgan fingerprint density at radius 3 is 2.10 bits per heavy atom. The minimum Gasteiger partial charge on any atom is -0.340 e. The highest BCUT2D eigenvalue weighted by molar-refractivity contribution is 7.89. The first-order valence-corrected chi connectivity index (χ1v) is 12.7. The highest BCUT2D eigenvalue weighted by atomic mass is 35.5. The number of piperidine rings is 1. The number of piperazine rings is 1. The van der Waals surface area contributed by atoms with E-state index in [4.69, 9.17) is 11.6 Å². The van der Waals surface area contributed by atoms with Gasteiger partial charge in [-0.05, 0) is 38.8 Å². The van der Waals surface area contributed by atoms with E-state index in [0.29, 0.717) is 52.1 Å². The Hall–Kier alpha value is -1.84. The zero-order valence-electron chi connectivity index (χ0n) is 18.2. The van der Waals surface area contributed by atoms with Crippen molar-refractivity contribution in [2.75, 3.05) is 52.4 Å². The number of hydrogen-bond donors (Lipinski definition) is 0. The fourth-order valence-corrected chi connectivity index (χ4v) is 6.13. The van der Waals surface area contributed by atoms with Crippen molar-refractivity contribution in [1.29, 1.82) is 0 Å². The molecule has 2 aliphatic heterocycles. The van der Waals surface area contributed by atoms with Crippen LogP contribution in [0.15, 0.2) is 29.2 Å². The lowest BCUT2D eigenvalue weighted by molar-refractivity contribution is -0.138. The minimum absolute atomic E-state index is 0.0364. The zero-order valence-corrected chi connectivity index (χ0v) is 19.7. The molecule has 0 unspecified atom stereocenters. The van der Waals surface area contributed by atoms with Crippen LogP contribution in [0.25, 0.3) is 0 Å². The first kappa shape index (κ1) is 23.8. The molecule has 3 amide bonds. The van der Waals surface area contributed by atoms with Gasteiger partial charge in [0.2, 0.25) is 15.9 Å². The lowest BCUT2D eigenvalue weighted by Crippen LogP contribution is -2.53. The summed E-state index contributed by atoms with van der Waals surface area (Å²) in [6, 6.07) is 6.44. The zero-order chi connectivity index (χ0) is 22.6. The van der Waals surface area contributed by atoms with Gasteiger partial charge in [0, 0.05) is 58.3 Å². The van der Waals surface area contributed by atoms with E-state index in [1.54, 1.807) is 28.0 Å². The van der Waals surface area contributed by atoms with Crippen LogP contribution in [-0.4, -0.2) is 91.7 Å². The fraction of sp³-hybridized carbons (Fsp3) is 0.619. The number of rotatable bonds is 5. The second-order valence-corrected chi connectivity index (χ2v) is 10.2. The van der Waals surface area contributed by atoms with Crippen LogP contribution in [0.2, 0.25) is 5.02 Å². The van der Waals surface area contributed by atoms with E-state index in [2.05, 4.69) is 0 Å².